The summed E-state index contributed by atoms with van der Waals surface area (Å²) < 4.78 is 1.91. The van der Waals surface area contributed by atoms with Gasteiger partial charge in [-0.2, -0.15) is 0 Å². The molecule has 0 unspecified atom stereocenters. The maximum Gasteiger partial charge on any atom is 0.249 e. The van der Waals surface area contributed by atoms with Gasteiger partial charge in [0.25, 0.3) is 0 Å². The maximum absolute atomic E-state index is 11.4. The van der Waals surface area contributed by atoms with Gasteiger partial charge in [0, 0.05) is 5.56 Å². The summed E-state index contributed by atoms with van der Waals surface area (Å²) in [4.78, 5) is 19.8. The lowest BCUT2D eigenvalue weighted by molar-refractivity contribution is 0.0999. The van der Waals surface area contributed by atoms with Crippen molar-refractivity contribution in [2.45, 2.75) is 6.92 Å². The molecule has 3 N–H and O–H groups in total. The molecule has 96 valence electrons. The van der Waals surface area contributed by atoms with E-state index >= 15 is 0 Å². The quantitative estimate of drug-likeness (QED) is 0.842. The Balaban J connectivity index is 2.18. The largest absolute Gasteiger partial charge is 0.366 e. The van der Waals surface area contributed by atoms with Crippen LogP contribution in [0.2, 0.25) is 0 Å². The number of imidazole rings is 1. The molecule has 1 aromatic heterocycles. The van der Waals surface area contributed by atoms with E-state index in [4.69, 9.17) is 5.73 Å². The minimum atomic E-state index is -0.428. The fourth-order valence-electron chi connectivity index (χ4n) is 2.22. The number of hydrogen-bond donors (Lipinski definition) is 2. The molecule has 6 nitrogen and oxygen atoms in total. The number of nitrogens with zero attached hydrogens (tertiary/aromatic N) is 3. The van der Waals surface area contributed by atoms with E-state index in [1.54, 1.807) is 18.6 Å². The zero-order valence-electron chi connectivity index (χ0n) is 10.4. The Morgan fingerprint density at radius 2 is 2.32 bits per heavy atom. The van der Waals surface area contributed by atoms with Gasteiger partial charge in [0.2, 0.25) is 5.91 Å². The second-order valence-electron chi connectivity index (χ2n) is 4.31. The van der Waals surface area contributed by atoms with E-state index in [1.807, 2.05) is 23.6 Å². The predicted molar refractivity (Wildman–Crippen MR) is 72.9 cm³/mol. The minimum Gasteiger partial charge on any atom is -0.366 e. The number of hydrogen-bond acceptors (Lipinski definition) is 4. The molecule has 0 spiro atoms. The van der Waals surface area contributed by atoms with Gasteiger partial charge < -0.3 is 11.1 Å². The van der Waals surface area contributed by atoms with Crippen molar-refractivity contribution >= 4 is 17.9 Å². The van der Waals surface area contributed by atoms with E-state index in [2.05, 4.69) is 15.3 Å². The van der Waals surface area contributed by atoms with Gasteiger partial charge in [-0.1, -0.05) is 6.07 Å². The summed E-state index contributed by atoms with van der Waals surface area (Å²) in [5.74, 6) is 0.447. The van der Waals surface area contributed by atoms with Crippen molar-refractivity contribution in [1.29, 1.82) is 0 Å². The van der Waals surface area contributed by atoms with Crippen molar-refractivity contribution in [2.75, 3.05) is 12.0 Å². The lowest BCUT2D eigenvalue weighted by Crippen LogP contribution is -2.15. The topological polar surface area (TPSA) is 85.3 Å². The molecule has 0 saturated heterocycles. The molecule has 1 aliphatic heterocycles. The van der Waals surface area contributed by atoms with Gasteiger partial charge in [-0.15, -0.1) is 0 Å². The number of primary amides is 1. The van der Waals surface area contributed by atoms with Crippen LogP contribution in [0.4, 0.5) is 5.82 Å². The molecular weight excluding hydrogens is 242 g/mol. The second kappa shape index (κ2) is 4.24. The van der Waals surface area contributed by atoms with Crippen LogP contribution < -0.4 is 11.1 Å². The highest BCUT2D eigenvalue weighted by atomic mass is 16.1. The third-order valence-corrected chi connectivity index (χ3v) is 3.18. The van der Waals surface area contributed by atoms with Crippen LogP contribution in [0.5, 0.6) is 0 Å². The highest BCUT2D eigenvalue weighted by Crippen LogP contribution is 2.24. The summed E-state index contributed by atoms with van der Waals surface area (Å²) in [5, 5.41) is 3.17. The molecule has 0 bridgehead atoms. The average molecular weight is 255 g/mol. The third-order valence-electron chi connectivity index (χ3n) is 3.18. The molecule has 1 aromatic carbocycles. The van der Waals surface area contributed by atoms with Crippen molar-refractivity contribution in [2.24, 2.45) is 10.7 Å². The number of benzene rings is 1. The van der Waals surface area contributed by atoms with E-state index in [0.717, 1.165) is 22.8 Å². The molecule has 0 atom stereocenters. The Hall–Kier alpha value is -2.63. The third kappa shape index (κ3) is 1.77. The van der Waals surface area contributed by atoms with Gasteiger partial charge >= 0.3 is 0 Å². The number of aliphatic imine (C=N–C) groups is 1. The van der Waals surface area contributed by atoms with E-state index < -0.39 is 5.91 Å². The highest BCUT2D eigenvalue weighted by Gasteiger charge is 2.16. The summed E-state index contributed by atoms with van der Waals surface area (Å²) in [6.45, 7) is 2.39. The number of carbonyl (C=O) groups is 1. The van der Waals surface area contributed by atoms with E-state index in [0.29, 0.717) is 12.2 Å². The van der Waals surface area contributed by atoms with E-state index in [9.17, 15) is 4.79 Å². The number of anilines is 1. The van der Waals surface area contributed by atoms with Crippen LogP contribution >= 0.6 is 0 Å². The number of amides is 1. The SMILES string of the molecule is Cc1c(C(N)=O)cccc1-n1cnc2c1NCN=C2. The van der Waals surface area contributed by atoms with Crippen molar-refractivity contribution in [3.05, 3.63) is 41.3 Å². The standard InChI is InChI=1S/C13H13N5O/c1-8-9(12(14)19)3-2-4-11(8)18-7-17-10-5-15-6-16-13(10)18/h2-5,7,16H,6H2,1H3,(H2,14,19). The smallest absolute Gasteiger partial charge is 0.249 e. The zero-order valence-corrected chi connectivity index (χ0v) is 10.4. The van der Waals surface area contributed by atoms with Gasteiger partial charge in [0.15, 0.2) is 0 Å². The Morgan fingerprint density at radius 1 is 1.47 bits per heavy atom. The summed E-state index contributed by atoms with van der Waals surface area (Å²) >= 11 is 0. The van der Waals surface area contributed by atoms with Crippen molar-refractivity contribution < 1.29 is 4.79 Å². The molecule has 1 aliphatic rings. The highest BCUT2D eigenvalue weighted by molar-refractivity contribution is 5.95. The van der Waals surface area contributed by atoms with Crippen LogP contribution in [0.25, 0.3) is 5.69 Å². The summed E-state index contributed by atoms with van der Waals surface area (Å²) in [5.41, 5.74) is 8.39. The van der Waals surface area contributed by atoms with Crippen LogP contribution in [0.3, 0.4) is 0 Å². The zero-order chi connectivity index (χ0) is 13.4. The first-order chi connectivity index (χ1) is 9.18. The minimum absolute atomic E-state index is 0.428. The second-order valence-corrected chi connectivity index (χ2v) is 4.31. The number of fused-ring (bicyclic) bond motifs is 1. The molecule has 0 saturated carbocycles. The first-order valence-corrected chi connectivity index (χ1v) is 5.89. The molecule has 2 heterocycles. The maximum atomic E-state index is 11.4. The molecule has 19 heavy (non-hydrogen) atoms. The van der Waals surface area contributed by atoms with Gasteiger partial charge in [0.05, 0.1) is 11.9 Å². The fraction of sp³-hybridized carbons (Fsp3) is 0.154. The molecular formula is C13H13N5O. The Kier molecular flexibility index (Phi) is 2.56. The molecule has 6 heteroatoms. The molecule has 0 fully saturated rings. The van der Waals surface area contributed by atoms with Crippen molar-refractivity contribution in [1.82, 2.24) is 9.55 Å². The Bertz CT molecular complexity index is 686. The predicted octanol–water partition coefficient (Wildman–Crippen LogP) is 1.08. The molecule has 0 radical (unpaired) electrons. The van der Waals surface area contributed by atoms with Crippen molar-refractivity contribution in [3.8, 4) is 5.69 Å². The number of rotatable bonds is 2. The van der Waals surface area contributed by atoms with Gasteiger partial charge in [-0.05, 0) is 24.6 Å². The number of nitrogens with two attached hydrogens (primary N) is 1. The number of aromatic nitrogens is 2. The van der Waals surface area contributed by atoms with E-state index in [-0.39, 0.29) is 0 Å². The summed E-state index contributed by atoms with van der Waals surface area (Å²) in [7, 11) is 0. The van der Waals surface area contributed by atoms with Crippen LogP contribution in [0.1, 0.15) is 21.6 Å². The normalized spacial score (nSPS) is 12.9. The van der Waals surface area contributed by atoms with Gasteiger partial charge in [-0.3, -0.25) is 14.4 Å². The summed E-state index contributed by atoms with van der Waals surface area (Å²) in [6, 6.07) is 5.46. The average Bonchev–Trinajstić information content (AvgIpc) is 2.82. The fourth-order valence-corrected chi connectivity index (χ4v) is 2.22. The van der Waals surface area contributed by atoms with Crippen LogP contribution in [-0.2, 0) is 0 Å². The molecule has 0 aliphatic carbocycles. The van der Waals surface area contributed by atoms with E-state index in [1.165, 1.54) is 0 Å². The Labute approximate surface area is 110 Å². The molecule has 2 aromatic rings. The number of carbonyl (C=O) groups excluding carboxylic acids is 1. The summed E-state index contributed by atoms with van der Waals surface area (Å²) in [6.07, 6.45) is 3.44. The number of nitrogens with one attached hydrogen (secondary N) is 1. The van der Waals surface area contributed by atoms with Crippen molar-refractivity contribution in [3.63, 3.8) is 0 Å². The van der Waals surface area contributed by atoms with Crippen LogP contribution in [0.15, 0.2) is 29.5 Å². The van der Waals surface area contributed by atoms with Crippen LogP contribution in [-0.4, -0.2) is 28.3 Å². The molecule has 1 amide bonds. The Morgan fingerprint density at radius 3 is 3.11 bits per heavy atom. The monoisotopic (exact) mass is 255 g/mol. The van der Waals surface area contributed by atoms with Gasteiger partial charge in [0.1, 0.15) is 24.5 Å². The lowest BCUT2D eigenvalue weighted by Gasteiger charge is -2.15. The first-order valence-electron chi connectivity index (χ1n) is 5.89. The lowest BCUT2D eigenvalue weighted by atomic mass is 10.1. The van der Waals surface area contributed by atoms with Crippen LogP contribution in [0, 0.1) is 6.92 Å². The molecule has 3 rings (SSSR count). The van der Waals surface area contributed by atoms with Gasteiger partial charge in [-0.25, -0.2) is 4.98 Å². The first kappa shape index (κ1) is 11.5.